The van der Waals surface area contributed by atoms with Gasteiger partial charge in [0.25, 0.3) is 0 Å². The number of aryl methyl sites for hydroxylation is 1. The van der Waals surface area contributed by atoms with E-state index in [-0.39, 0.29) is 5.91 Å². The molecule has 0 aliphatic carbocycles. The third kappa shape index (κ3) is 2.59. The average molecular weight is 287 g/mol. The quantitative estimate of drug-likeness (QED) is 0.781. The Morgan fingerprint density at radius 1 is 1.24 bits per heavy atom. The number of amides is 1. The minimum absolute atomic E-state index is 0.103. The van der Waals surface area contributed by atoms with Crippen molar-refractivity contribution in [2.24, 2.45) is 11.8 Å². The van der Waals surface area contributed by atoms with Crippen LogP contribution in [0.25, 0.3) is 0 Å². The Morgan fingerprint density at radius 2 is 2.00 bits per heavy atom. The maximum atomic E-state index is 11.6. The molecule has 21 heavy (non-hydrogen) atoms. The number of benzene rings is 1. The maximum Gasteiger partial charge on any atom is 0.224 e. The minimum atomic E-state index is 0.103. The molecule has 2 heterocycles. The molecule has 4 nitrogen and oxygen atoms in total. The summed E-state index contributed by atoms with van der Waals surface area (Å²) in [5.41, 5.74) is 10.3. The van der Waals surface area contributed by atoms with Gasteiger partial charge in [0.05, 0.1) is 11.4 Å². The van der Waals surface area contributed by atoms with Crippen LogP contribution in [0.3, 0.4) is 0 Å². The largest absolute Gasteiger partial charge is 0.397 e. The molecule has 3 rings (SSSR count). The van der Waals surface area contributed by atoms with Gasteiger partial charge in [0.15, 0.2) is 0 Å². The molecular formula is C17H25N3O. The molecule has 0 saturated carbocycles. The maximum absolute atomic E-state index is 11.6. The third-order valence-electron chi connectivity index (χ3n) is 5.06. The molecule has 3 N–H and O–H groups in total. The molecule has 0 bridgehead atoms. The van der Waals surface area contributed by atoms with E-state index in [9.17, 15) is 4.79 Å². The Labute approximate surface area is 126 Å². The Bertz CT molecular complexity index is 569. The first-order valence-corrected chi connectivity index (χ1v) is 7.94. The van der Waals surface area contributed by atoms with Gasteiger partial charge < -0.3 is 16.0 Å². The predicted molar refractivity (Wildman–Crippen MR) is 87.6 cm³/mol. The van der Waals surface area contributed by atoms with Gasteiger partial charge >= 0.3 is 0 Å². The van der Waals surface area contributed by atoms with E-state index in [1.807, 2.05) is 6.07 Å². The van der Waals surface area contributed by atoms with Crippen molar-refractivity contribution in [2.75, 3.05) is 22.5 Å². The van der Waals surface area contributed by atoms with Gasteiger partial charge in [0.2, 0.25) is 5.91 Å². The van der Waals surface area contributed by atoms with E-state index in [1.54, 1.807) is 0 Å². The van der Waals surface area contributed by atoms with Crippen LogP contribution in [0.5, 0.6) is 0 Å². The summed E-state index contributed by atoms with van der Waals surface area (Å²) in [5.74, 6) is 1.42. The van der Waals surface area contributed by atoms with Crippen molar-refractivity contribution in [1.82, 2.24) is 0 Å². The summed E-state index contributed by atoms with van der Waals surface area (Å²) >= 11 is 0. The summed E-state index contributed by atoms with van der Waals surface area (Å²) in [6.07, 6.45) is 2.60. The van der Waals surface area contributed by atoms with Gasteiger partial charge in [-0.25, -0.2) is 0 Å². The van der Waals surface area contributed by atoms with Gasteiger partial charge in [-0.05, 0) is 49.3 Å². The lowest BCUT2D eigenvalue weighted by molar-refractivity contribution is -0.116. The van der Waals surface area contributed by atoms with Gasteiger partial charge in [-0.15, -0.1) is 0 Å². The average Bonchev–Trinajstić information content (AvgIpc) is 2.43. The van der Waals surface area contributed by atoms with E-state index in [0.717, 1.165) is 35.6 Å². The Hall–Kier alpha value is -1.71. The summed E-state index contributed by atoms with van der Waals surface area (Å²) in [5, 5.41) is 2.98. The molecule has 2 aliphatic heterocycles. The third-order valence-corrected chi connectivity index (χ3v) is 5.06. The molecule has 3 atom stereocenters. The fourth-order valence-corrected chi connectivity index (χ4v) is 3.72. The molecule has 1 amide bonds. The van der Waals surface area contributed by atoms with Crippen molar-refractivity contribution in [1.29, 1.82) is 0 Å². The highest BCUT2D eigenvalue weighted by Crippen LogP contribution is 2.38. The number of fused-ring (bicyclic) bond motifs is 1. The molecule has 1 saturated heterocycles. The summed E-state index contributed by atoms with van der Waals surface area (Å²) in [4.78, 5) is 14.0. The lowest BCUT2D eigenvalue weighted by atomic mass is 9.85. The summed E-state index contributed by atoms with van der Waals surface area (Å²) in [7, 11) is 0. The smallest absolute Gasteiger partial charge is 0.224 e. The zero-order chi connectivity index (χ0) is 15.1. The first-order valence-electron chi connectivity index (χ1n) is 7.94. The highest BCUT2D eigenvalue weighted by atomic mass is 16.1. The number of rotatable bonds is 1. The topological polar surface area (TPSA) is 58.4 Å². The second-order valence-electron chi connectivity index (χ2n) is 6.83. The molecule has 1 aromatic rings. The fraction of sp³-hybridized carbons (Fsp3) is 0.588. The van der Waals surface area contributed by atoms with E-state index < -0.39 is 0 Å². The molecule has 2 aliphatic rings. The Balaban J connectivity index is 1.98. The molecule has 3 unspecified atom stereocenters. The fourth-order valence-electron chi connectivity index (χ4n) is 3.72. The minimum Gasteiger partial charge on any atom is -0.397 e. The van der Waals surface area contributed by atoms with Crippen molar-refractivity contribution in [2.45, 2.75) is 46.1 Å². The van der Waals surface area contributed by atoms with Crippen LogP contribution in [0.2, 0.25) is 0 Å². The van der Waals surface area contributed by atoms with Crippen molar-refractivity contribution >= 4 is 23.0 Å². The molecular weight excluding hydrogens is 262 g/mol. The zero-order valence-electron chi connectivity index (χ0n) is 13.1. The lowest BCUT2D eigenvalue weighted by Gasteiger charge is -2.43. The molecule has 0 aromatic heterocycles. The number of hydrogen-bond donors (Lipinski definition) is 2. The second kappa shape index (κ2) is 5.24. The first kappa shape index (κ1) is 14.2. The summed E-state index contributed by atoms with van der Waals surface area (Å²) < 4.78 is 0. The summed E-state index contributed by atoms with van der Waals surface area (Å²) in [6.45, 7) is 7.91. The number of carbonyl (C=O) groups excluding carboxylic acids is 1. The monoisotopic (exact) mass is 287 g/mol. The van der Waals surface area contributed by atoms with Crippen LogP contribution < -0.4 is 16.0 Å². The second-order valence-corrected chi connectivity index (χ2v) is 6.83. The normalized spacial score (nSPS) is 29.0. The highest BCUT2D eigenvalue weighted by molar-refractivity contribution is 5.95. The van der Waals surface area contributed by atoms with E-state index in [2.05, 4.69) is 37.1 Å². The first-order chi connectivity index (χ1) is 9.95. The number of nitrogens with two attached hydrogens (primary N) is 1. The molecule has 0 spiro atoms. The van der Waals surface area contributed by atoms with Crippen molar-refractivity contribution < 1.29 is 4.79 Å². The SMILES string of the molecule is CC1CC(C)C(C)N(c2cc3c(cc2N)CCC(=O)N3)C1. The van der Waals surface area contributed by atoms with E-state index in [4.69, 9.17) is 5.73 Å². The van der Waals surface area contributed by atoms with Crippen molar-refractivity contribution in [3.05, 3.63) is 17.7 Å². The van der Waals surface area contributed by atoms with Crippen LogP contribution in [0.1, 0.15) is 39.2 Å². The number of hydrogen-bond acceptors (Lipinski definition) is 3. The Kier molecular flexibility index (Phi) is 3.56. The van der Waals surface area contributed by atoms with Gasteiger partial charge in [-0.2, -0.15) is 0 Å². The van der Waals surface area contributed by atoms with Gasteiger partial charge in [0, 0.05) is 24.7 Å². The van der Waals surface area contributed by atoms with Gasteiger partial charge in [-0.1, -0.05) is 13.8 Å². The molecule has 1 aromatic carbocycles. The molecule has 4 heteroatoms. The van der Waals surface area contributed by atoms with Crippen molar-refractivity contribution in [3.8, 4) is 0 Å². The Morgan fingerprint density at radius 3 is 2.76 bits per heavy atom. The van der Waals surface area contributed by atoms with Crippen molar-refractivity contribution in [3.63, 3.8) is 0 Å². The summed E-state index contributed by atoms with van der Waals surface area (Å²) in [6, 6.07) is 4.59. The van der Waals surface area contributed by atoms with E-state index in [1.165, 1.54) is 6.42 Å². The van der Waals surface area contributed by atoms with Crippen LogP contribution in [-0.2, 0) is 11.2 Å². The van der Waals surface area contributed by atoms with Crippen LogP contribution in [0, 0.1) is 11.8 Å². The van der Waals surface area contributed by atoms with Crippen LogP contribution in [-0.4, -0.2) is 18.5 Å². The number of nitrogen functional groups attached to an aromatic ring is 1. The van der Waals surface area contributed by atoms with Gasteiger partial charge in [0.1, 0.15) is 0 Å². The number of piperidine rings is 1. The number of nitrogens with one attached hydrogen (secondary N) is 1. The van der Waals surface area contributed by atoms with E-state index >= 15 is 0 Å². The number of anilines is 3. The van der Waals surface area contributed by atoms with E-state index in [0.29, 0.717) is 24.3 Å². The number of nitrogens with zero attached hydrogens (tertiary/aromatic N) is 1. The van der Waals surface area contributed by atoms with Crippen LogP contribution >= 0.6 is 0 Å². The standard InChI is InChI=1S/C17H25N3O/c1-10-6-11(2)12(3)20(9-10)16-8-15-13(7-14(16)18)4-5-17(21)19-15/h7-8,10-12H,4-6,9,18H2,1-3H3,(H,19,21). The van der Waals surface area contributed by atoms with Crippen LogP contribution in [0.15, 0.2) is 12.1 Å². The molecule has 0 radical (unpaired) electrons. The predicted octanol–water partition coefficient (Wildman–Crippen LogP) is 3.02. The number of carbonyl (C=O) groups is 1. The molecule has 114 valence electrons. The highest BCUT2D eigenvalue weighted by Gasteiger charge is 2.30. The molecule has 1 fully saturated rings. The van der Waals surface area contributed by atoms with Crippen LogP contribution in [0.4, 0.5) is 17.1 Å². The van der Waals surface area contributed by atoms with Gasteiger partial charge in [-0.3, -0.25) is 4.79 Å². The zero-order valence-corrected chi connectivity index (χ0v) is 13.1. The lowest BCUT2D eigenvalue weighted by Crippen LogP contribution is -2.46.